The molecule has 0 saturated carbocycles. The van der Waals surface area contributed by atoms with Crippen molar-refractivity contribution in [3.63, 3.8) is 0 Å². The van der Waals surface area contributed by atoms with Gasteiger partial charge in [-0.1, -0.05) is 23.7 Å². The highest BCUT2D eigenvalue weighted by molar-refractivity contribution is 9.10. The maximum Gasteiger partial charge on any atom is 0.283 e. The number of carbonyl (C=O) groups excluding carboxylic acids is 3. The Hall–Kier alpha value is -3.62. The number of nitrogens with zero attached hydrogens (tertiary/aromatic N) is 1. The van der Waals surface area contributed by atoms with Gasteiger partial charge in [0, 0.05) is 15.7 Å². The Morgan fingerprint density at radius 2 is 1.65 bits per heavy atom. The van der Waals surface area contributed by atoms with Gasteiger partial charge >= 0.3 is 0 Å². The van der Waals surface area contributed by atoms with Gasteiger partial charge in [-0.3, -0.25) is 14.4 Å². The van der Waals surface area contributed by atoms with Gasteiger partial charge in [-0.2, -0.15) is 0 Å². The molecule has 1 heterocycles. The van der Waals surface area contributed by atoms with Crippen LogP contribution in [0.5, 0.6) is 5.75 Å². The van der Waals surface area contributed by atoms with Gasteiger partial charge in [-0.05, 0) is 83.5 Å². The molecule has 0 bridgehead atoms. The maximum atomic E-state index is 13.0. The van der Waals surface area contributed by atoms with Gasteiger partial charge in [-0.25, -0.2) is 4.90 Å². The van der Waals surface area contributed by atoms with Crippen LogP contribution in [0.3, 0.4) is 0 Å². The largest absolute Gasteiger partial charge is 0.494 e. The molecule has 0 aliphatic carbocycles. The zero-order valence-electron chi connectivity index (χ0n) is 18.0. The second-order valence-corrected chi connectivity index (χ2v) is 8.43. The summed E-state index contributed by atoms with van der Waals surface area (Å²) in [6.45, 7) is 2.37. The number of carbonyl (C=O) groups is 3. The number of para-hydroxylation sites is 1. The van der Waals surface area contributed by atoms with Gasteiger partial charge in [0.15, 0.2) is 0 Å². The highest BCUT2D eigenvalue weighted by atomic mass is 79.9. The van der Waals surface area contributed by atoms with Gasteiger partial charge < -0.3 is 15.4 Å². The standard InChI is InChI=1S/C25H19BrClN3O4/c1-2-34-18-13-11-17(12-14-18)30-24(32)21(27)22(25(30)33)28-16-9-7-15(8-10-16)23(31)29-20-6-4-3-5-19(20)26/h3-14,28H,2H2,1H3,(H,29,31). The molecule has 0 fully saturated rings. The van der Waals surface area contributed by atoms with E-state index in [4.69, 9.17) is 16.3 Å². The molecule has 0 atom stereocenters. The summed E-state index contributed by atoms with van der Waals surface area (Å²) >= 11 is 9.59. The lowest BCUT2D eigenvalue weighted by Crippen LogP contribution is -2.32. The Morgan fingerprint density at radius 3 is 2.29 bits per heavy atom. The van der Waals surface area contributed by atoms with E-state index in [9.17, 15) is 14.4 Å². The summed E-state index contributed by atoms with van der Waals surface area (Å²) < 4.78 is 6.16. The van der Waals surface area contributed by atoms with Crippen LogP contribution in [0.2, 0.25) is 0 Å². The van der Waals surface area contributed by atoms with Crippen molar-refractivity contribution in [2.75, 3.05) is 22.1 Å². The molecule has 1 aliphatic rings. The molecule has 3 aromatic carbocycles. The van der Waals surface area contributed by atoms with Crippen LogP contribution in [-0.4, -0.2) is 24.3 Å². The van der Waals surface area contributed by atoms with Crippen molar-refractivity contribution in [2.24, 2.45) is 0 Å². The molecule has 0 unspecified atom stereocenters. The summed E-state index contributed by atoms with van der Waals surface area (Å²) in [6.07, 6.45) is 0. The molecular weight excluding hydrogens is 522 g/mol. The fourth-order valence-corrected chi connectivity index (χ4v) is 3.91. The number of benzene rings is 3. The minimum Gasteiger partial charge on any atom is -0.494 e. The molecule has 172 valence electrons. The third kappa shape index (κ3) is 4.83. The Balaban J connectivity index is 1.47. The van der Waals surface area contributed by atoms with Crippen molar-refractivity contribution in [1.29, 1.82) is 0 Å². The smallest absolute Gasteiger partial charge is 0.283 e. The van der Waals surface area contributed by atoms with Crippen LogP contribution < -0.4 is 20.3 Å². The van der Waals surface area contributed by atoms with Crippen LogP contribution >= 0.6 is 27.5 Å². The molecule has 2 N–H and O–H groups in total. The Bertz CT molecular complexity index is 1290. The number of amides is 3. The van der Waals surface area contributed by atoms with Crippen molar-refractivity contribution < 1.29 is 19.1 Å². The molecule has 3 aromatic rings. The zero-order valence-corrected chi connectivity index (χ0v) is 20.3. The van der Waals surface area contributed by atoms with Crippen LogP contribution in [0.4, 0.5) is 17.1 Å². The maximum absolute atomic E-state index is 13.0. The van der Waals surface area contributed by atoms with Gasteiger partial charge in [0.2, 0.25) is 0 Å². The first-order chi connectivity index (χ1) is 16.4. The molecule has 0 radical (unpaired) electrons. The van der Waals surface area contributed by atoms with Gasteiger partial charge in [0.05, 0.1) is 18.0 Å². The van der Waals surface area contributed by atoms with E-state index >= 15 is 0 Å². The predicted octanol–water partition coefficient (Wildman–Crippen LogP) is 5.54. The van der Waals surface area contributed by atoms with Crippen LogP contribution in [0.1, 0.15) is 17.3 Å². The molecule has 7 nitrogen and oxygen atoms in total. The van der Waals surface area contributed by atoms with Gasteiger partial charge in [-0.15, -0.1) is 0 Å². The first kappa shape index (κ1) is 23.5. The number of rotatable bonds is 7. The van der Waals surface area contributed by atoms with E-state index in [0.717, 1.165) is 9.37 Å². The van der Waals surface area contributed by atoms with Crippen molar-refractivity contribution in [3.05, 3.63) is 93.6 Å². The fraction of sp³-hybridized carbons (Fsp3) is 0.0800. The van der Waals surface area contributed by atoms with Crippen LogP contribution in [-0.2, 0) is 9.59 Å². The molecule has 4 rings (SSSR count). The third-order valence-electron chi connectivity index (χ3n) is 4.97. The van der Waals surface area contributed by atoms with E-state index < -0.39 is 11.8 Å². The summed E-state index contributed by atoms with van der Waals surface area (Å²) in [7, 11) is 0. The highest BCUT2D eigenvalue weighted by Crippen LogP contribution is 2.31. The first-order valence-electron chi connectivity index (χ1n) is 10.3. The zero-order chi connectivity index (χ0) is 24.2. The number of ether oxygens (including phenoxy) is 1. The average Bonchev–Trinajstić information content (AvgIpc) is 3.05. The van der Waals surface area contributed by atoms with E-state index in [2.05, 4.69) is 26.6 Å². The van der Waals surface area contributed by atoms with Crippen molar-refractivity contribution in [1.82, 2.24) is 0 Å². The van der Waals surface area contributed by atoms with E-state index in [0.29, 0.717) is 35.0 Å². The van der Waals surface area contributed by atoms with Crippen molar-refractivity contribution in [3.8, 4) is 5.75 Å². The molecule has 0 saturated heterocycles. The number of hydrogen-bond acceptors (Lipinski definition) is 5. The van der Waals surface area contributed by atoms with E-state index in [-0.39, 0.29) is 16.6 Å². The monoisotopic (exact) mass is 539 g/mol. The number of halogens is 2. The van der Waals surface area contributed by atoms with Crippen molar-refractivity contribution in [2.45, 2.75) is 6.92 Å². The van der Waals surface area contributed by atoms with E-state index in [1.165, 1.54) is 0 Å². The van der Waals surface area contributed by atoms with Gasteiger partial charge in [0.1, 0.15) is 16.5 Å². The Labute approximate surface area is 209 Å². The topological polar surface area (TPSA) is 87.7 Å². The second kappa shape index (κ2) is 10.1. The van der Waals surface area contributed by atoms with Crippen LogP contribution in [0, 0.1) is 0 Å². The molecular formula is C25H19BrClN3O4. The normalized spacial score (nSPS) is 13.3. The molecule has 34 heavy (non-hydrogen) atoms. The fourth-order valence-electron chi connectivity index (χ4n) is 3.31. The summed E-state index contributed by atoms with van der Waals surface area (Å²) in [6, 6.07) is 20.3. The number of anilines is 3. The molecule has 9 heteroatoms. The highest BCUT2D eigenvalue weighted by Gasteiger charge is 2.39. The summed E-state index contributed by atoms with van der Waals surface area (Å²) in [5.74, 6) is -0.853. The van der Waals surface area contributed by atoms with Crippen molar-refractivity contribution >= 4 is 62.3 Å². The van der Waals surface area contributed by atoms with E-state index in [1.807, 2.05) is 25.1 Å². The lowest BCUT2D eigenvalue weighted by molar-refractivity contribution is -0.120. The number of imide groups is 1. The SMILES string of the molecule is CCOc1ccc(N2C(=O)C(Cl)=C(Nc3ccc(C(=O)Nc4ccccc4Br)cc3)C2=O)cc1. The third-order valence-corrected chi connectivity index (χ3v) is 6.01. The van der Waals surface area contributed by atoms with E-state index in [1.54, 1.807) is 54.6 Å². The van der Waals surface area contributed by atoms with Gasteiger partial charge in [0.25, 0.3) is 17.7 Å². The molecule has 3 amide bonds. The van der Waals surface area contributed by atoms with Crippen LogP contribution in [0.15, 0.2) is 88.0 Å². The first-order valence-corrected chi connectivity index (χ1v) is 11.5. The predicted molar refractivity (Wildman–Crippen MR) is 135 cm³/mol. The second-order valence-electron chi connectivity index (χ2n) is 7.20. The van der Waals surface area contributed by atoms with Crippen LogP contribution in [0.25, 0.3) is 0 Å². The molecule has 0 spiro atoms. The summed E-state index contributed by atoms with van der Waals surface area (Å²) in [5.41, 5.74) is 1.92. The quantitative estimate of drug-likeness (QED) is 0.385. The molecule has 0 aromatic heterocycles. The lowest BCUT2D eigenvalue weighted by Gasteiger charge is -2.15. The number of hydrogen-bond donors (Lipinski definition) is 2. The minimum atomic E-state index is -0.622. The Kier molecular flexibility index (Phi) is 7.00. The molecule has 1 aliphatic heterocycles. The average molecular weight is 541 g/mol. The minimum absolute atomic E-state index is 0.0361. The summed E-state index contributed by atoms with van der Waals surface area (Å²) in [4.78, 5) is 39.1. The lowest BCUT2D eigenvalue weighted by atomic mass is 10.2. The summed E-state index contributed by atoms with van der Waals surface area (Å²) in [5, 5.41) is 5.51. The Morgan fingerprint density at radius 1 is 0.971 bits per heavy atom. The number of nitrogens with one attached hydrogen (secondary N) is 2.